The number of fused-ring (bicyclic) bond motifs is 2. The van der Waals surface area contributed by atoms with Crippen molar-refractivity contribution in [3.63, 3.8) is 0 Å². The summed E-state index contributed by atoms with van der Waals surface area (Å²) in [5.74, 6) is 0.655. The summed E-state index contributed by atoms with van der Waals surface area (Å²) in [4.78, 5) is 33.6. The Labute approximate surface area is 258 Å². The lowest BCUT2D eigenvalue weighted by atomic mass is 9.95. The first-order chi connectivity index (χ1) is 21.4. The lowest BCUT2D eigenvalue weighted by Crippen LogP contribution is -2.29. The molecule has 0 bridgehead atoms. The number of Topliss-reactive ketones (excluding diaryl/α,β-unsaturated/α-hetero) is 1. The maximum atomic E-state index is 13.8. The summed E-state index contributed by atoms with van der Waals surface area (Å²) in [6.45, 7) is 5.77. The Morgan fingerprint density at radius 2 is 1.82 bits per heavy atom. The molecule has 2 aliphatic rings. The molecule has 3 aromatic carbocycles. The van der Waals surface area contributed by atoms with Crippen molar-refractivity contribution >= 4 is 44.1 Å². The van der Waals surface area contributed by atoms with Gasteiger partial charge in [0.15, 0.2) is 28.1 Å². The number of aliphatic hydroxyl groups is 1. The normalized spacial score (nSPS) is 17.2. The first-order valence-electron chi connectivity index (χ1n) is 14.5. The molecule has 1 N–H and O–H groups in total. The van der Waals surface area contributed by atoms with Crippen LogP contribution in [0, 0.1) is 0 Å². The number of rotatable bonds is 10. The number of anilines is 1. The molecule has 4 aromatic rings. The average Bonchev–Trinajstić information content (AvgIpc) is 3.58. The third-order valence-electron chi connectivity index (χ3n) is 7.38. The third-order valence-corrected chi connectivity index (χ3v) is 8.40. The molecule has 0 spiro atoms. The lowest BCUT2D eigenvalue weighted by Gasteiger charge is -2.24. The molecule has 1 aromatic heterocycles. The molecule has 228 valence electrons. The summed E-state index contributed by atoms with van der Waals surface area (Å²) in [7, 11) is 1.53. The first-order valence-corrected chi connectivity index (χ1v) is 15.3. The molecule has 10 nitrogen and oxygen atoms in total. The van der Waals surface area contributed by atoms with Crippen molar-refractivity contribution in [1.82, 2.24) is 4.98 Å². The Hall–Kier alpha value is -4.77. The van der Waals surface area contributed by atoms with Crippen LogP contribution in [0.2, 0.25) is 0 Å². The molecule has 0 aliphatic carbocycles. The number of carbonyl (C=O) groups excluding carboxylic acids is 2. The van der Waals surface area contributed by atoms with Crippen molar-refractivity contribution in [2.75, 3.05) is 38.4 Å². The molecule has 3 heterocycles. The van der Waals surface area contributed by atoms with Crippen LogP contribution in [0.25, 0.3) is 16.0 Å². The minimum absolute atomic E-state index is 0.0809. The van der Waals surface area contributed by atoms with Gasteiger partial charge in [-0.1, -0.05) is 30.7 Å². The van der Waals surface area contributed by atoms with E-state index in [0.29, 0.717) is 77.0 Å². The smallest absolute Gasteiger partial charge is 0.301 e. The minimum atomic E-state index is -1.01. The second-order valence-electron chi connectivity index (χ2n) is 10.2. The standard InChI is InChI=1S/C33H32N2O8S/c1-4-6-13-41-23-11-7-19(16-25(23)39-3)29-28(30(36)20-8-12-24-26(17-20)43-15-14-42-24)31(37)32(38)35(29)33-34-22-10-9-21(40-5-2)18-27(22)44-33/h7-12,16-18,29,36H,4-6,13-15H2,1-3H3. The topological polar surface area (TPSA) is 117 Å². The molecule has 6 rings (SSSR count). The van der Waals surface area contributed by atoms with Crippen LogP contribution in [-0.4, -0.2) is 55.3 Å². The Morgan fingerprint density at radius 3 is 2.59 bits per heavy atom. The molecule has 44 heavy (non-hydrogen) atoms. The minimum Gasteiger partial charge on any atom is -0.507 e. The van der Waals surface area contributed by atoms with Crippen molar-refractivity contribution in [2.45, 2.75) is 32.7 Å². The fraction of sp³-hybridized carbons (Fsp3) is 0.303. The number of carbonyl (C=O) groups is 2. The number of ether oxygens (including phenoxy) is 5. The highest BCUT2D eigenvalue weighted by Gasteiger charge is 2.48. The van der Waals surface area contributed by atoms with Crippen LogP contribution in [0.15, 0.2) is 60.2 Å². The van der Waals surface area contributed by atoms with E-state index < -0.39 is 17.7 Å². The highest BCUT2D eigenvalue weighted by molar-refractivity contribution is 7.22. The molecule has 0 saturated carbocycles. The van der Waals surface area contributed by atoms with Gasteiger partial charge in [0.1, 0.15) is 24.7 Å². The number of unbranched alkanes of at least 4 members (excludes halogenated alkanes) is 1. The van der Waals surface area contributed by atoms with Crippen molar-refractivity contribution in [1.29, 1.82) is 0 Å². The molecule has 11 heteroatoms. The van der Waals surface area contributed by atoms with E-state index in [-0.39, 0.29) is 11.3 Å². The van der Waals surface area contributed by atoms with Crippen LogP contribution >= 0.6 is 11.3 Å². The summed E-state index contributed by atoms with van der Waals surface area (Å²) in [6, 6.07) is 14.6. The zero-order chi connectivity index (χ0) is 30.8. The molecule has 1 unspecified atom stereocenters. The summed E-state index contributed by atoms with van der Waals surface area (Å²) in [6.07, 6.45) is 1.85. The monoisotopic (exact) mass is 616 g/mol. The third kappa shape index (κ3) is 5.39. The van der Waals surface area contributed by atoms with Gasteiger partial charge in [-0.25, -0.2) is 4.98 Å². The number of thiazole rings is 1. The van der Waals surface area contributed by atoms with Crippen molar-refractivity contribution in [3.8, 4) is 28.7 Å². The highest BCUT2D eigenvalue weighted by Crippen LogP contribution is 2.46. The number of aromatic nitrogens is 1. The van der Waals surface area contributed by atoms with Crippen molar-refractivity contribution in [2.24, 2.45) is 0 Å². The van der Waals surface area contributed by atoms with Crippen LogP contribution in [0.4, 0.5) is 5.13 Å². The Bertz CT molecular complexity index is 1760. The molecular weight excluding hydrogens is 584 g/mol. The maximum absolute atomic E-state index is 13.8. The zero-order valence-corrected chi connectivity index (χ0v) is 25.4. The summed E-state index contributed by atoms with van der Waals surface area (Å²) in [5.41, 5.74) is 1.42. The van der Waals surface area contributed by atoms with Gasteiger partial charge in [-0.15, -0.1) is 0 Å². The molecule has 1 amide bonds. The van der Waals surface area contributed by atoms with Crippen LogP contribution in [0.5, 0.6) is 28.7 Å². The number of benzene rings is 3. The summed E-state index contributed by atoms with van der Waals surface area (Å²) < 4.78 is 29.3. The SMILES string of the molecule is CCCCOc1ccc(C2C(=C(O)c3ccc4c(c3)OCCO4)C(=O)C(=O)N2c2nc3ccc(OCC)cc3s2)cc1OC. The fourth-order valence-corrected chi connectivity index (χ4v) is 6.26. The van der Waals surface area contributed by atoms with Gasteiger partial charge in [0.2, 0.25) is 0 Å². The summed E-state index contributed by atoms with van der Waals surface area (Å²) >= 11 is 1.26. The molecule has 1 fully saturated rings. The molecular formula is C33H32N2O8S. The van der Waals surface area contributed by atoms with E-state index in [2.05, 4.69) is 6.92 Å². The number of hydrogen-bond acceptors (Lipinski definition) is 10. The van der Waals surface area contributed by atoms with Gasteiger partial charge in [0, 0.05) is 5.56 Å². The van der Waals surface area contributed by atoms with Crippen LogP contribution in [-0.2, 0) is 9.59 Å². The van der Waals surface area contributed by atoms with E-state index in [1.54, 1.807) is 36.4 Å². The quantitative estimate of drug-likeness (QED) is 0.0951. The maximum Gasteiger partial charge on any atom is 0.301 e. The van der Waals surface area contributed by atoms with Crippen molar-refractivity contribution < 1.29 is 38.4 Å². The Kier molecular flexibility index (Phi) is 8.30. The first kappa shape index (κ1) is 29.3. The lowest BCUT2D eigenvalue weighted by molar-refractivity contribution is -0.132. The highest BCUT2D eigenvalue weighted by atomic mass is 32.1. The van der Waals surface area contributed by atoms with E-state index in [1.807, 2.05) is 25.1 Å². The molecule has 0 radical (unpaired) electrons. The van der Waals surface area contributed by atoms with E-state index in [0.717, 1.165) is 17.5 Å². The number of hydrogen-bond donors (Lipinski definition) is 1. The van der Waals surface area contributed by atoms with Crippen LogP contribution < -0.4 is 28.6 Å². The number of methoxy groups -OCH3 is 1. The van der Waals surface area contributed by atoms with Gasteiger partial charge in [-0.3, -0.25) is 14.5 Å². The largest absolute Gasteiger partial charge is 0.507 e. The Balaban J connectivity index is 1.50. The Morgan fingerprint density at radius 1 is 1.00 bits per heavy atom. The van der Waals surface area contributed by atoms with Gasteiger partial charge < -0.3 is 28.8 Å². The predicted molar refractivity (Wildman–Crippen MR) is 166 cm³/mol. The van der Waals surface area contributed by atoms with Gasteiger partial charge in [-0.05, 0) is 67.4 Å². The van der Waals surface area contributed by atoms with Gasteiger partial charge in [0.05, 0.1) is 42.2 Å². The van der Waals surface area contributed by atoms with E-state index in [4.69, 9.17) is 28.7 Å². The number of aliphatic hydroxyl groups excluding tert-OH is 1. The average molecular weight is 617 g/mol. The summed E-state index contributed by atoms with van der Waals surface area (Å²) in [5, 5.41) is 12.0. The number of nitrogens with zero attached hydrogens (tertiary/aromatic N) is 2. The molecule has 2 aliphatic heterocycles. The fourth-order valence-electron chi connectivity index (χ4n) is 5.24. The van der Waals surface area contributed by atoms with E-state index >= 15 is 0 Å². The zero-order valence-electron chi connectivity index (χ0n) is 24.6. The van der Waals surface area contributed by atoms with Crippen molar-refractivity contribution in [3.05, 3.63) is 71.3 Å². The molecule has 1 saturated heterocycles. The van der Waals surface area contributed by atoms with E-state index in [1.165, 1.54) is 23.3 Å². The molecule has 1 atom stereocenters. The van der Waals surface area contributed by atoms with Gasteiger partial charge in [-0.2, -0.15) is 0 Å². The van der Waals surface area contributed by atoms with Crippen LogP contribution in [0.3, 0.4) is 0 Å². The second kappa shape index (κ2) is 12.5. The van der Waals surface area contributed by atoms with Gasteiger partial charge >= 0.3 is 5.91 Å². The second-order valence-corrected chi connectivity index (χ2v) is 11.2. The van der Waals surface area contributed by atoms with Gasteiger partial charge in [0.25, 0.3) is 5.78 Å². The predicted octanol–water partition coefficient (Wildman–Crippen LogP) is 6.28. The number of ketones is 1. The number of amides is 1. The van der Waals surface area contributed by atoms with Crippen LogP contribution in [0.1, 0.15) is 43.9 Å². The van der Waals surface area contributed by atoms with E-state index in [9.17, 15) is 14.7 Å².